The Morgan fingerprint density at radius 3 is 2.37 bits per heavy atom. The smallest absolute Gasteiger partial charge is 0.267 e. The minimum atomic E-state index is -0.292. The minimum Gasteiger partial charge on any atom is -0.337 e. The van der Waals surface area contributed by atoms with E-state index in [0.29, 0.717) is 5.69 Å². The number of carbonyl (C=O) groups is 1. The van der Waals surface area contributed by atoms with Crippen molar-refractivity contribution in [1.82, 2.24) is 14.7 Å². The van der Waals surface area contributed by atoms with Crippen LogP contribution in [0.25, 0.3) is 11.3 Å². The molecule has 5 heteroatoms. The zero-order valence-corrected chi connectivity index (χ0v) is 15.8. The number of aryl methyl sites for hydroxylation is 1. The summed E-state index contributed by atoms with van der Waals surface area (Å²) in [6, 6.07) is 20.7. The molecule has 0 N–H and O–H groups in total. The summed E-state index contributed by atoms with van der Waals surface area (Å²) < 4.78 is 1.23. The Labute approximate surface area is 158 Å². The molecule has 3 aromatic rings. The molecule has 3 rings (SSSR count). The number of hydrogen-bond donors (Lipinski definition) is 0. The number of rotatable bonds is 5. The van der Waals surface area contributed by atoms with Gasteiger partial charge in [0.25, 0.3) is 5.56 Å². The molecule has 27 heavy (non-hydrogen) atoms. The van der Waals surface area contributed by atoms with Gasteiger partial charge in [0.2, 0.25) is 5.91 Å². The Bertz CT molecular complexity index is 978. The molecule has 1 heterocycles. The van der Waals surface area contributed by atoms with Crippen molar-refractivity contribution in [2.75, 3.05) is 7.05 Å². The molecule has 1 atom stereocenters. The molecule has 0 fully saturated rings. The van der Waals surface area contributed by atoms with E-state index in [1.807, 2.05) is 68.4 Å². The Morgan fingerprint density at radius 2 is 1.70 bits per heavy atom. The van der Waals surface area contributed by atoms with Crippen molar-refractivity contribution in [2.24, 2.45) is 0 Å². The second kappa shape index (κ2) is 7.99. The minimum absolute atomic E-state index is 0.0883. The SMILES string of the molecule is Cc1ccc(-c2ccc(=O)n(CC(=O)N(C)[C@H](C)c3ccccc3)n2)cc1. The maximum atomic E-state index is 12.7. The van der Waals surface area contributed by atoms with Crippen LogP contribution in [0.2, 0.25) is 0 Å². The number of hydrogen-bond acceptors (Lipinski definition) is 3. The van der Waals surface area contributed by atoms with Crippen LogP contribution in [0.4, 0.5) is 0 Å². The summed E-state index contributed by atoms with van der Waals surface area (Å²) in [6.07, 6.45) is 0. The normalized spacial score (nSPS) is 11.8. The molecule has 1 amide bonds. The Kier molecular flexibility index (Phi) is 5.50. The lowest BCUT2D eigenvalue weighted by atomic mass is 10.1. The lowest BCUT2D eigenvalue weighted by molar-refractivity contribution is -0.132. The van der Waals surface area contributed by atoms with Gasteiger partial charge in [-0.1, -0.05) is 60.2 Å². The average Bonchev–Trinajstić information content (AvgIpc) is 2.69. The van der Waals surface area contributed by atoms with Gasteiger partial charge in [0, 0.05) is 18.7 Å². The lowest BCUT2D eigenvalue weighted by Gasteiger charge is -2.25. The third kappa shape index (κ3) is 4.31. The number of carbonyl (C=O) groups excluding carboxylic acids is 1. The monoisotopic (exact) mass is 361 g/mol. The maximum absolute atomic E-state index is 12.7. The molecule has 138 valence electrons. The summed E-state index contributed by atoms with van der Waals surface area (Å²) in [5.74, 6) is -0.165. The molecule has 0 aliphatic carbocycles. The third-order valence-corrected chi connectivity index (χ3v) is 4.76. The van der Waals surface area contributed by atoms with Gasteiger partial charge in [-0.15, -0.1) is 0 Å². The van der Waals surface area contributed by atoms with E-state index in [-0.39, 0.29) is 24.1 Å². The van der Waals surface area contributed by atoms with E-state index in [0.717, 1.165) is 16.7 Å². The van der Waals surface area contributed by atoms with E-state index >= 15 is 0 Å². The predicted octanol–water partition coefficient (Wildman–Crippen LogP) is 3.44. The fourth-order valence-electron chi connectivity index (χ4n) is 2.85. The van der Waals surface area contributed by atoms with E-state index in [4.69, 9.17) is 0 Å². The first-order valence-corrected chi connectivity index (χ1v) is 8.91. The molecule has 0 bridgehead atoms. The molecule has 0 aliphatic rings. The molecule has 1 aromatic heterocycles. The number of nitrogens with zero attached hydrogens (tertiary/aromatic N) is 3. The van der Waals surface area contributed by atoms with Crippen molar-refractivity contribution >= 4 is 5.91 Å². The summed E-state index contributed by atoms with van der Waals surface area (Å²) >= 11 is 0. The first kappa shape index (κ1) is 18.6. The first-order chi connectivity index (χ1) is 13.0. The van der Waals surface area contributed by atoms with Crippen LogP contribution in [0, 0.1) is 6.92 Å². The topological polar surface area (TPSA) is 55.2 Å². The average molecular weight is 361 g/mol. The second-order valence-electron chi connectivity index (χ2n) is 6.67. The van der Waals surface area contributed by atoms with Gasteiger partial charge in [0.1, 0.15) is 6.54 Å². The molecular formula is C22H23N3O2. The summed E-state index contributed by atoms with van der Waals surface area (Å²) in [7, 11) is 1.74. The van der Waals surface area contributed by atoms with Crippen LogP contribution >= 0.6 is 0 Å². The molecule has 0 unspecified atom stereocenters. The van der Waals surface area contributed by atoms with Gasteiger partial charge >= 0.3 is 0 Å². The summed E-state index contributed by atoms with van der Waals surface area (Å²) in [6.45, 7) is 3.89. The van der Waals surface area contributed by atoms with Crippen molar-refractivity contribution in [2.45, 2.75) is 26.4 Å². The number of likely N-dealkylation sites (N-methyl/N-ethyl adjacent to an activating group) is 1. The molecular weight excluding hydrogens is 338 g/mol. The summed E-state index contributed by atoms with van der Waals surface area (Å²) in [5.41, 5.74) is 3.48. The number of aromatic nitrogens is 2. The van der Waals surface area contributed by atoms with Gasteiger partial charge in [-0.25, -0.2) is 4.68 Å². The largest absolute Gasteiger partial charge is 0.337 e. The van der Waals surface area contributed by atoms with E-state index in [1.165, 1.54) is 10.7 Å². The Hall–Kier alpha value is -3.21. The molecule has 0 radical (unpaired) electrons. The van der Waals surface area contributed by atoms with Gasteiger partial charge in [0.05, 0.1) is 11.7 Å². The van der Waals surface area contributed by atoms with Crippen molar-refractivity contribution in [3.63, 3.8) is 0 Å². The van der Waals surface area contributed by atoms with Crippen molar-refractivity contribution in [3.05, 3.63) is 88.2 Å². The zero-order chi connectivity index (χ0) is 19.4. The van der Waals surface area contributed by atoms with E-state index in [9.17, 15) is 9.59 Å². The van der Waals surface area contributed by atoms with Gasteiger partial charge in [-0.05, 0) is 25.5 Å². The van der Waals surface area contributed by atoms with Gasteiger partial charge < -0.3 is 4.90 Å². The number of amides is 1. The second-order valence-corrected chi connectivity index (χ2v) is 6.67. The number of benzene rings is 2. The molecule has 5 nitrogen and oxygen atoms in total. The molecule has 2 aromatic carbocycles. The highest BCUT2D eigenvalue weighted by Crippen LogP contribution is 2.19. The fraction of sp³-hybridized carbons (Fsp3) is 0.227. The van der Waals surface area contributed by atoms with Gasteiger partial charge in [-0.2, -0.15) is 5.10 Å². The van der Waals surface area contributed by atoms with Crippen LogP contribution in [0.15, 0.2) is 71.5 Å². The lowest BCUT2D eigenvalue weighted by Crippen LogP contribution is -2.36. The van der Waals surface area contributed by atoms with Crippen LogP contribution in [0.1, 0.15) is 24.1 Å². The van der Waals surface area contributed by atoms with Crippen LogP contribution in [-0.2, 0) is 11.3 Å². The van der Waals surface area contributed by atoms with Crippen molar-refractivity contribution < 1.29 is 4.79 Å². The maximum Gasteiger partial charge on any atom is 0.267 e. The zero-order valence-electron chi connectivity index (χ0n) is 15.8. The molecule has 0 saturated heterocycles. The summed E-state index contributed by atoms with van der Waals surface area (Å²) in [5, 5.41) is 4.38. The molecule has 0 spiro atoms. The van der Waals surface area contributed by atoms with Gasteiger partial charge in [-0.3, -0.25) is 9.59 Å². The fourth-order valence-corrected chi connectivity index (χ4v) is 2.85. The Balaban J connectivity index is 1.80. The predicted molar refractivity (Wildman–Crippen MR) is 106 cm³/mol. The highest BCUT2D eigenvalue weighted by molar-refractivity contribution is 5.76. The highest BCUT2D eigenvalue weighted by atomic mass is 16.2. The van der Waals surface area contributed by atoms with Crippen molar-refractivity contribution in [3.8, 4) is 11.3 Å². The van der Waals surface area contributed by atoms with E-state index < -0.39 is 0 Å². The molecule has 0 aliphatic heterocycles. The summed E-state index contributed by atoms with van der Waals surface area (Å²) in [4.78, 5) is 26.5. The Morgan fingerprint density at radius 1 is 1.04 bits per heavy atom. The van der Waals surface area contributed by atoms with Crippen molar-refractivity contribution in [1.29, 1.82) is 0 Å². The van der Waals surface area contributed by atoms with Crippen LogP contribution in [0.5, 0.6) is 0 Å². The van der Waals surface area contributed by atoms with E-state index in [1.54, 1.807) is 18.0 Å². The standard InChI is InChI=1S/C22H23N3O2/c1-16-9-11-19(12-10-16)20-13-14-21(26)25(23-20)15-22(27)24(3)17(2)18-7-5-4-6-8-18/h4-14,17H,15H2,1-3H3/t17-/m1/s1. The molecule has 0 saturated carbocycles. The quantitative estimate of drug-likeness (QED) is 0.699. The van der Waals surface area contributed by atoms with E-state index in [2.05, 4.69) is 5.10 Å². The highest BCUT2D eigenvalue weighted by Gasteiger charge is 2.18. The van der Waals surface area contributed by atoms with Gasteiger partial charge in [0.15, 0.2) is 0 Å². The van der Waals surface area contributed by atoms with Crippen LogP contribution in [0.3, 0.4) is 0 Å². The van der Waals surface area contributed by atoms with Crippen LogP contribution < -0.4 is 5.56 Å². The van der Waals surface area contributed by atoms with Crippen LogP contribution in [-0.4, -0.2) is 27.6 Å². The first-order valence-electron chi connectivity index (χ1n) is 8.91. The third-order valence-electron chi connectivity index (χ3n) is 4.76.